The Labute approximate surface area is 463 Å². The molecule has 1 aliphatic heterocycles. The van der Waals surface area contributed by atoms with E-state index in [1.165, 1.54) is 272 Å². The molecule has 0 amide bonds. The minimum atomic E-state index is 1.02. The van der Waals surface area contributed by atoms with Crippen LogP contribution in [-0.2, 0) is 53.0 Å². The fourth-order valence-corrected chi connectivity index (χ4v) is 12.9. The zero-order chi connectivity index (χ0) is 53.2. The average molecular weight is 1050 g/mol. The molecule has 2 nitrogen and oxygen atoms in total. The van der Waals surface area contributed by atoms with Gasteiger partial charge in [-0.3, -0.25) is 0 Å². The van der Waals surface area contributed by atoms with E-state index in [0.717, 1.165) is 75.6 Å². The fourth-order valence-electron chi connectivity index (χ4n) is 11.7. The van der Waals surface area contributed by atoms with Crippen LogP contribution in [0.4, 0.5) is 0 Å². The predicted molar refractivity (Wildman–Crippen MR) is 325 cm³/mol. The van der Waals surface area contributed by atoms with E-state index in [-0.39, 0.29) is 0 Å². The Morgan fingerprint density at radius 1 is 0.301 bits per heavy atom. The molecule has 0 N–H and O–H groups in total. The van der Waals surface area contributed by atoms with Crippen molar-refractivity contribution in [3.63, 3.8) is 0 Å². The van der Waals surface area contributed by atoms with Crippen LogP contribution in [0.5, 0.6) is 0 Å². The fraction of sp³-hybridized carbons (Fsp3) is 0.771. The molecule has 0 spiro atoms. The summed E-state index contributed by atoms with van der Waals surface area (Å²) >= 11 is 2.02. The molecule has 0 radical (unpaired) electrons. The molecular weight excluding hydrogens is 927 g/mol. The van der Waals surface area contributed by atoms with E-state index in [1.807, 2.05) is 14.4 Å². The first kappa shape index (κ1) is 67.1. The molecule has 73 heavy (non-hydrogen) atoms. The first-order valence-electron chi connectivity index (χ1n) is 32.6. The number of nitrogens with zero attached hydrogens (tertiary/aromatic N) is 2. The zero-order valence-electron chi connectivity index (χ0n) is 50.6. The van der Waals surface area contributed by atoms with Crippen LogP contribution in [0.1, 0.15) is 345 Å². The van der Waals surface area contributed by atoms with Crippen molar-refractivity contribution in [3.8, 4) is 0 Å². The zero-order valence-corrected chi connectivity index (χ0v) is 51.6. The molecule has 1 heterocycles. The van der Waals surface area contributed by atoms with Crippen LogP contribution in [0, 0.1) is 0 Å². The first-order valence-corrected chi connectivity index (χ1v) is 34.0. The quantitative estimate of drug-likeness (QED) is 0.0359. The average Bonchev–Trinajstić information content (AvgIpc) is 3.69. The van der Waals surface area contributed by atoms with E-state index in [9.17, 15) is 5.53 Å². The van der Waals surface area contributed by atoms with Crippen molar-refractivity contribution in [1.29, 1.82) is 0 Å². The predicted octanol–water partition coefficient (Wildman–Crippen LogP) is 24.3. The van der Waals surface area contributed by atoms with Crippen LogP contribution in [0.3, 0.4) is 0 Å². The third-order valence-corrected chi connectivity index (χ3v) is 17.6. The molecule has 3 rings (SSSR count). The van der Waals surface area contributed by atoms with Gasteiger partial charge in [0, 0.05) is 22.3 Å². The molecule has 0 aromatic heterocycles. The van der Waals surface area contributed by atoms with Crippen LogP contribution in [-0.4, -0.2) is 4.70 Å². The molecule has 0 atom stereocenters. The van der Waals surface area contributed by atoms with Crippen molar-refractivity contribution in [2.75, 3.05) is 0 Å². The van der Waals surface area contributed by atoms with Gasteiger partial charge in [-0.05, 0) is 122 Å². The van der Waals surface area contributed by atoms with Gasteiger partial charge in [-0.25, -0.2) is 4.70 Å². The summed E-state index contributed by atoms with van der Waals surface area (Å²) in [5, 5.41) is 2.86. The maximum absolute atomic E-state index is 12.5. The Kier molecular flexibility index (Phi) is 41.4. The van der Waals surface area contributed by atoms with Crippen LogP contribution in [0.2, 0.25) is 10.8 Å². The van der Waals surface area contributed by atoms with Gasteiger partial charge < -0.3 is 5.53 Å². The van der Waals surface area contributed by atoms with Gasteiger partial charge in [-0.15, -0.1) is 0 Å². The van der Waals surface area contributed by atoms with Gasteiger partial charge in [0.1, 0.15) is 0 Å². The third-order valence-electron chi connectivity index (χ3n) is 16.2. The summed E-state index contributed by atoms with van der Waals surface area (Å²) in [5.74, 6) is 0. The molecular formula is C70H122N2Ni. The van der Waals surface area contributed by atoms with Crippen molar-refractivity contribution < 1.29 is 19.1 Å². The van der Waals surface area contributed by atoms with E-state index in [1.54, 1.807) is 4.70 Å². The van der Waals surface area contributed by atoms with Crippen molar-refractivity contribution in [2.24, 2.45) is 0 Å². The van der Waals surface area contributed by atoms with E-state index in [2.05, 4.69) is 93.5 Å². The molecule has 0 bridgehead atoms. The first-order chi connectivity index (χ1) is 35.8. The van der Waals surface area contributed by atoms with Crippen LogP contribution < -0.4 is 0 Å². The van der Waals surface area contributed by atoms with Crippen LogP contribution in [0.15, 0.2) is 35.4 Å². The molecule has 3 heteroatoms. The second-order valence-corrected chi connectivity index (χ2v) is 23.7. The maximum atomic E-state index is 12.5. The summed E-state index contributed by atoms with van der Waals surface area (Å²) in [6, 6.07) is 9.65. The monoisotopic (exact) mass is 1050 g/mol. The SMILES string of the molecule is CCCCCCCCCCCCCCCCCCC1=C(c2cc(CC)c(CC)c(CC)c2)[N+](=[N-])C(c2cc(CC)c(CC)c(CC)c2)=C1CCCC.CCCCCCCCC[CH2][Ni][CH2]CCCCCCCCC. The molecule has 0 aliphatic carbocycles. The second-order valence-electron chi connectivity index (χ2n) is 22.2. The number of aryl methyl sites for hydroxylation is 4. The van der Waals surface area contributed by atoms with Crippen molar-refractivity contribution >= 4 is 11.4 Å². The van der Waals surface area contributed by atoms with Gasteiger partial charge in [-0.2, -0.15) is 0 Å². The molecule has 422 valence electrons. The van der Waals surface area contributed by atoms with Gasteiger partial charge in [-0.1, -0.05) is 158 Å². The standard InChI is InChI=1S/C50H80N2.2C10H21.Ni/c1-9-17-19-20-21-22-23-24-25-26-27-28-29-30-31-32-34-48-47(33-18-10-2)49(43-35-39(11-3)45(15-7)40(12-4)36-43)52(51)50(48)44-37-41(13-5)46(16-8)42(14-6)38-44;2*1-3-5-7-9-10-8-6-4-2;/h35-38H,9-34H2,1-8H3;2*1,3-10H2,2H3;. The van der Waals surface area contributed by atoms with Crippen LogP contribution in [0.25, 0.3) is 16.9 Å². The Bertz CT molecular complexity index is 1690. The summed E-state index contributed by atoms with van der Waals surface area (Å²) < 4.78 is 1.65. The Balaban J connectivity index is 0.000000729. The summed E-state index contributed by atoms with van der Waals surface area (Å²) in [4.78, 5) is 0. The van der Waals surface area contributed by atoms with E-state index in [4.69, 9.17) is 0 Å². The van der Waals surface area contributed by atoms with E-state index >= 15 is 0 Å². The van der Waals surface area contributed by atoms with Crippen molar-refractivity contribution in [2.45, 2.75) is 350 Å². The van der Waals surface area contributed by atoms with Gasteiger partial charge in [0.25, 0.3) is 0 Å². The number of hydrogen-bond donors (Lipinski definition) is 0. The Hall–Kier alpha value is -1.99. The molecule has 0 unspecified atom stereocenters. The number of allylic oxidation sites excluding steroid dienone is 2. The molecule has 1 aliphatic rings. The Morgan fingerprint density at radius 3 is 0.808 bits per heavy atom. The molecule has 0 saturated heterocycles. The number of benzene rings is 2. The number of unbranched alkanes of at least 4 members (excludes halogenated alkanes) is 30. The summed E-state index contributed by atoms with van der Waals surface area (Å²) in [5.41, 5.74) is 28.5. The minimum absolute atomic E-state index is 1.02. The number of rotatable bonds is 46. The van der Waals surface area contributed by atoms with Crippen molar-refractivity contribution in [3.05, 3.63) is 85.5 Å². The van der Waals surface area contributed by atoms with E-state index < -0.39 is 0 Å². The summed E-state index contributed by atoms with van der Waals surface area (Å²) in [6.45, 7) is 22.9. The topological polar surface area (TPSA) is 25.3 Å². The molecule has 0 saturated carbocycles. The Morgan fingerprint density at radius 2 is 0.548 bits per heavy atom. The number of hydrogen-bond acceptors (Lipinski definition) is 0. The normalized spacial score (nSPS) is 12.8. The summed E-state index contributed by atoms with van der Waals surface area (Å²) in [6.07, 6.45) is 56.1. The molecule has 0 fully saturated rings. The van der Waals surface area contributed by atoms with Gasteiger partial charge in [0.05, 0.1) is 0 Å². The van der Waals surface area contributed by atoms with Gasteiger partial charge in [0.2, 0.25) is 11.4 Å². The molecule has 2 aromatic rings. The van der Waals surface area contributed by atoms with Gasteiger partial charge >= 0.3 is 142 Å². The third kappa shape index (κ3) is 26.8. The van der Waals surface area contributed by atoms with E-state index in [0.29, 0.717) is 0 Å². The van der Waals surface area contributed by atoms with Gasteiger partial charge in [0.15, 0.2) is 0 Å². The summed E-state index contributed by atoms with van der Waals surface area (Å²) in [7, 11) is 0. The van der Waals surface area contributed by atoms with Crippen molar-refractivity contribution in [1.82, 2.24) is 0 Å². The molecule has 2 aromatic carbocycles. The van der Waals surface area contributed by atoms with Crippen LogP contribution >= 0.6 is 0 Å². The second kappa shape index (κ2) is 45.1.